The Labute approximate surface area is 79.0 Å². The Balaban J connectivity index is 1.73. The monoisotopic (exact) mass is 204 g/mol. The number of nitrogens with zero attached hydrogens (tertiary/aromatic N) is 1. The molecule has 0 aromatic heterocycles. The minimum absolute atomic E-state index is 0.0116. The molecular weight excluding hydrogens is 188 g/mol. The maximum atomic E-state index is 11.5. The van der Waals surface area contributed by atoms with Crippen LogP contribution in [0.25, 0.3) is 0 Å². The third kappa shape index (κ3) is 2.21. The van der Waals surface area contributed by atoms with Crippen LogP contribution < -0.4 is 5.73 Å². The lowest BCUT2D eigenvalue weighted by atomic mass is 10.1. The van der Waals surface area contributed by atoms with E-state index in [-0.39, 0.29) is 11.3 Å². The van der Waals surface area contributed by atoms with Gasteiger partial charge in [0.2, 0.25) is 0 Å². The van der Waals surface area contributed by atoms with Crippen LogP contribution in [0.4, 0.5) is 0 Å². The molecule has 0 aromatic rings. The summed E-state index contributed by atoms with van der Waals surface area (Å²) in [6, 6.07) is 0.267. The van der Waals surface area contributed by atoms with E-state index in [1.807, 2.05) is 0 Å². The van der Waals surface area contributed by atoms with Crippen molar-refractivity contribution >= 4 is 9.84 Å². The summed E-state index contributed by atoms with van der Waals surface area (Å²) in [5.41, 5.74) is 5.59. The zero-order valence-electron chi connectivity index (χ0n) is 7.65. The highest BCUT2D eigenvalue weighted by Gasteiger charge is 2.36. The van der Waals surface area contributed by atoms with E-state index in [2.05, 4.69) is 4.90 Å². The van der Waals surface area contributed by atoms with Gasteiger partial charge in [-0.3, -0.25) is 4.90 Å². The van der Waals surface area contributed by atoms with Crippen molar-refractivity contribution in [1.82, 2.24) is 4.90 Å². The number of hydrogen-bond acceptors (Lipinski definition) is 4. The van der Waals surface area contributed by atoms with Gasteiger partial charge >= 0.3 is 0 Å². The highest BCUT2D eigenvalue weighted by molar-refractivity contribution is 7.92. The van der Waals surface area contributed by atoms with Gasteiger partial charge in [0, 0.05) is 25.7 Å². The van der Waals surface area contributed by atoms with Crippen LogP contribution in [0.5, 0.6) is 0 Å². The van der Waals surface area contributed by atoms with Crippen molar-refractivity contribution < 1.29 is 8.42 Å². The van der Waals surface area contributed by atoms with Crippen molar-refractivity contribution in [2.45, 2.75) is 24.1 Å². The molecule has 0 unspecified atom stereocenters. The lowest BCUT2D eigenvalue weighted by Crippen LogP contribution is -2.56. The third-order valence-corrected chi connectivity index (χ3v) is 4.95. The Kier molecular flexibility index (Phi) is 2.33. The zero-order valence-corrected chi connectivity index (χ0v) is 8.46. The molecule has 5 heteroatoms. The Bertz CT molecular complexity index is 279. The SMILES string of the molecule is NC1CN(CCS(=O)(=O)C2CC2)C1. The Hall–Kier alpha value is -0.130. The van der Waals surface area contributed by atoms with E-state index in [1.165, 1.54) is 0 Å². The molecule has 2 aliphatic rings. The van der Waals surface area contributed by atoms with Crippen LogP contribution in [0.2, 0.25) is 0 Å². The zero-order chi connectivity index (χ0) is 9.47. The Morgan fingerprint density at radius 2 is 1.92 bits per heavy atom. The van der Waals surface area contributed by atoms with Gasteiger partial charge in [-0.05, 0) is 12.8 Å². The number of likely N-dealkylation sites (tertiary alicyclic amines) is 1. The predicted octanol–water partition coefficient (Wildman–Crippen LogP) is -0.793. The second-order valence-corrected chi connectivity index (χ2v) is 6.49. The van der Waals surface area contributed by atoms with E-state index in [1.54, 1.807) is 0 Å². The second-order valence-electron chi connectivity index (χ2n) is 4.09. The fourth-order valence-corrected chi connectivity index (χ4v) is 3.34. The molecule has 0 atom stereocenters. The van der Waals surface area contributed by atoms with Crippen molar-refractivity contribution in [3.8, 4) is 0 Å². The van der Waals surface area contributed by atoms with E-state index < -0.39 is 9.84 Å². The summed E-state index contributed by atoms with van der Waals surface area (Å²) < 4.78 is 22.9. The van der Waals surface area contributed by atoms with E-state index in [4.69, 9.17) is 5.73 Å². The molecule has 0 spiro atoms. The largest absolute Gasteiger partial charge is 0.325 e. The Morgan fingerprint density at radius 1 is 1.31 bits per heavy atom. The fourth-order valence-electron chi connectivity index (χ4n) is 1.64. The van der Waals surface area contributed by atoms with Crippen molar-refractivity contribution in [1.29, 1.82) is 0 Å². The van der Waals surface area contributed by atoms with Crippen molar-refractivity contribution in [2.75, 3.05) is 25.4 Å². The molecular formula is C8H16N2O2S. The van der Waals surface area contributed by atoms with Crippen molar-refractivity contribution in [3.63, 3.8) is 0 Å². The van der Waals surface area contributed by atoms with Gasteiger partial charge in [0.25, 0.3) is 0 Å². The van der Waals surface area contributed by atoms with Gasteiger partial charge in [0.15, 0.2) is 9.84 Å². The number of nitrogens with two attached hydrogens (primary N) is 1. The molecule has 0 amide bonds. The van der Waals surface area contributed by atoms with Crippen molar-refractivity contribution in [3.05, 3.63) is 0 Å². The van der Waals surface area contributed by atoms with Crippen molar-refractivity contribution in [2.24, 2.45) is 5.73 Å². The summed E-state index contributed by atoms with van der Waals surface area (Å²) in [6.45, 7) is 2.40. The molecule has 4 nitrogen and oxygen atoms in total. The Morgan fingerprint density at radius 3 is 2.38 bits per heavy atom. The molecule has 1 aliphatic heterocycles. The topological polar surface area (TPSA) is 63.4 Å². The summed E-state index contributed by atoms with van der Waals surface area (Å²) in [7, 11) is -2.76. The standard InChI is InChI=1S/C8H16N2O2S/c9-7-5-10(6-7)3-4-13(11,12)8-1-2-8/h7-8H,1-6,9H2. The van der Waals surface area contributed by atoms with Crippen LogP contribution in [0.3, 0.4) is 0 Å². The minimum atomic E-state index is -2.76. The minimum Gasteiger partial charge on any atom is -0.325 e. The molecule has 0 bridgehead atoms. The van der Waals surface area contributed by atoms with E-state index in [0.29, 0.717) is 12.3 Å². The first-order valence-electron chi connectivity index (χ1n) is 4.77. The fraction of sp³-hybridized carbons (Fsp3) is 1.00. The van der Waals surface area contributed by atoms with E-state index >= 15 is 0 Å². The highest BCUT2D eigenvalue weighted by atomic mass is 32.2. The maximum absolute atomic E-state index is 11.5. The first kappa shape index (κ1) is 9.43. The molecule has 1 heterocycles. The molecule has 2 N–H and O–H groups in total. The van der Waals surface area contributed by atoms with Gasteiger partial charge in [0.1, 0.15) is 0 Å². The summed E-state index contributed by atoms with van der Waals surface area (Å²) in [5.74, 6) is 0.324. The average Bonchev–Trinajstić information content (AvgIpc) is 2.77. The second kappa shape index (κ2) is 3.22. The molecule has 1 saturated carbocycles. The van der Waals surface area contributed by atoms with Gasteiger partial charge in [-0.2, -0.15) is 0 Å². The van der Waals surface area contributed by atoms with Gasteiger partial charge in [-0.1, -0.05) is 0 Å². The number of hydrogen-bond donors (Lipinski definition) is 1. The summed E-state index contributed by atoms with van der Waals surface area (Å²) >= 11 is 0. The predicted molar refractivity (Wildman–Crippen MR) is 51.2 cm³/mol. The molecule has 2 fully saturated rings. The van der Waals surface area contributed by atoms with Crippen LogP contribution in [0.1, 0.15) is 12.8 Å². The van der Waals surface area contributed by atoms with Gasteiger partial charge in [0.05, 0.1) is 11.0 Å². The number of rotatable bonds is 4. The summed E-state index contributed by atoms with van der Waals surface area (Å²) in [4.78, 5) is 2.10. The average molecular weight is 204 g/mol. The molecule has 0 aromatic carbocycles. The van der Waals surface area contributed by atoms with Crippen LogP contribution in [0.15, 0.2) is 0 Å². The van der Waals surface area contributed by atoms with E-state index in [0.717, 1.165) is 25.9 Å². The van der Waals surface area contributed by atoms with Gasteiger partial charge in [-0.25, -0.2) is 8.42 Å². The first-order chi connectivity index (χ1) is 6.08. The van der Waals surface area contributed by atoms with Gasteiger partial charge < -0.3 is 5.73 Å². The molecule has 2 rings (SSSR count). The van der Waals surface area contributed by atoms with Crippen LogP contribution in [-0.4, -0.2) is 50.0 Å². The third-order valence-electron chi connectivity index (χ3n) is 2.71. The van der Waals surface area contributed by atoms with Crippen LogP contribution >= 0.6 is 0 Å². The molecule has 13 heavy (non-hydrogen) atoms. The molecule has 1 saturated heterocycles. The van der Waals surface area contributed by atoms with Crippen LogP contribution in [0, 0.1) is 0 Å². The molecule has 76 valence electrons. The molecule has 1 aliphatic carbocycles. The molecule has 0 radical (unpaired) electrons. The first-order valence-corrected chi connectivity index (χ1v) is 6.49. The highest BCUT2D eigenvalue weighted by Crippen LogP contribution is 2.28. The lowest BCUT2D eigenvalue weighted by Gasteiger charge is -2.36. The van der Waals surface area contributed by atoms with E-state index in [9.17, 15) is 8.42 Å². The van der Waals surface area contributed by atoms with Gasteiger partial charge in [-0.15, -0.1) is 0 Å². The maximum Gasteiger partial charge on any atom is 0.154 e. The number of sulfone groups is 1. The summed E-state index contributed by atoms with van der Waals surface area (Å²) in [5, 5.41) is -0.0116. The van der Waals surface area contributed by atoms with Crippen LogP contribution in [-0.2, 0) is 9.84 Å². The summed E-state index contributed by atoms with van der Waals surface area (Å²) in [6.07, 6.45) is 1.75. The lowest BCUT2D eigenvalue weighted by molar-refractivity contribution is 0.161. The quantitative estimate of drug-likeness (QED) is 0.651. The smallest absolute Gasteiger partial charge is 0.154 e. The normalized spacial score (nSPS) is 25.9.